The Bertz CT molecular complexity index is 444. The zero-order valence-electron chi connectivity index (χ0n) is 9.81. The van der Waals surface area contributed by atoms with E-state index < -0.39 is 17.6 Å². The molecule has 0 bridgehead atoms. The van der Waals surface area contributed by atoms with Crippen molar-refractivity contribution in [2.45, 2.75) is 19.0 Å². The Hall–Kier alpha value is -0.780. The lowest BCUT2D eigenvalue weighted by atomic mass is 10.0. The number of benzene rings is 1. The van der Waals surface area contributed by atoms with Gasteiger partial charge in [0.2, 0.25) is 0 Å². The quantitative estimate of drug-likeness (QED) is 0.824. The first kappa shape index (κ1) is 18.2. The molecule has 0 saturated carbocycles. The monoisotopic (exact) mass is 317 g/mol. The second-order valence-corrected chi connectivity index (χ2v) is 4.04. The molecule has 0 saturated heterocycles. The largest absolute Gasteiger partial charge is 0.416 e. The number of rotatable bonds is 4. The summed E-state index contributed by atoms with van der Waals surface area (Å²) in [5.41, 5.74) is 6.65. The van der Waals surface area contributed by atoms with Gasteiger partial charge < -0.3 is 5.73 Å². The number of aryl methyl sites for hydroxylation is 1. The van der Waals surface area contributed by atoms with Crippen LogP contribution in [0.3, 0.4) is 0 Å². The molecule has 0 atom stereocenters. The highest BCUT2D eigenvalue weighted by molar-refractivity contribution is 6.25. The molecule has 2 N–H and O–H groups in total. The lowest BCUT2D eigenvalue weighted by molar-refractivity contribution is -0.137. The summed E-state index contributed by atoms with van der Waals surface area (Å²) >= 11 is 5.47. The fraction of sp³-hybridized carbons (Fsp3) is 0.333. The van der Waals surface area contributed by atoms with Crippen LogP contribution < -0.4 is 5.73 Å². The third kappa shape index (κ3) is 5.80. The summed E-state index contributed by atoms with van der Waals surface area (Å²) in [5, 5.41) is 0. The fourth-order valence-corrected chi connectivity index (χ4v) is 1.66. The van der Waals surface area contributed by atoms with Crippen LogP contribution in [0.15, 0.2) is 29.3 Å². The molecular weight excluding hydrogens is 305 g/mol. The molecule has 1 aromatic carbocycles. The first-order valence-corrected chi connectivity index (χ1v) is 5.65. The zero-order chi connectivity index (χ0) is 13.8. The maximum atomic E-state index is 13.1. The van der Waals surface area contributed by atoms with Gasteiger partial charge in [0.05, 0.1) is 5.56 Å². The zero-order valence-corrected chi connectivity index (χ0v) is 11.4. The predicted molar refractivity (Wildman–Crippen MR) is 70.0 cm³/mol. The molecule has 0 aliphatic rings. The average molecular weight is 318 g/mol. The van der Waals surface area contributed by atoms with E-state index in [1.807, 2.05) is 0 Å². The molecule has 0 unspecified atom stereocenters. The molecule has 0 radical (unpaired) electrons. The molecule has 0 fully saturated rings. The van der Waals surface area contributed by atoms with Gasteiger partial charge in [0.25, 0.3) is 0 Å². The molecule has 0 aromatic heterocycles. The summed E-state index contributed by atoms with van der Waals surface area (Å²) in [4.78, 5) is 0. The molecule has 0 amide bonds. The van der Waals surface area contributed by atoms with E-state index in [-0.39, 0.29) is 30.9 Å². The van der Waals surface area contributed by atoms with Crippen molar-refractivity contribution < 1.29 is 17.6 Å². The molecule has 0 heterocycles. The number of hydrogen-bond acceptors (Lipinski definition) is 1. The highest BCUT2D eigenvalue weighted by Gasteiger charge is 2.31. The van der Waals surface area contributed by atoms with Crippen molar-refractivity contribution in [2.75, 3.05) is 6.54 Å². The molecule has 1 aromatic rings. The lowest BCUT2D eigenvalue weighted by Gasteiger charge is -2.10. The fourth-order valence-electron chi connectivity index (χ4n) is 1.46. The topological polar surface area (TPSA) is 26.0 Å². The molecule has 0 spiro atoms. The molecule has 19 heavy (non-hydrogen) atoms. The summed E-state index contributed by atoms with van der Waals surface area (Å²) < 4.78 is 50.5. The van der Waals surface area contributed by atoms with Crippen LogP contribution >= 0.6 is 24.0 Å². The van der Waals surface area contributed by atoms with Crippen molar-refractivity contribution in [3.63, 3.8) is 0 Å². The van der Waals surface area contributed by atoms with E-state index >= 15 is 0 Å². The van der Waals surface area contributed by atoms with E-state index in [0.717, 1.165) is 12.1 Å². The maximum absolute atomic E-state index is 13.1. The van der Waals surface area contributed by atoms with Gasteiger partial charge in [0, 0.05) is 12.1 Å². The van der Waals surface area contributed by atoms with Crippen LogP contribution in [0.2, 0.25) is 0 Å². The Morgan fingerprint density at radius 2 is 1.89 bits per heavy atom. The third-order valence-electron chi connectivity index (χ3n) is 2.44. The van der Waals surface area contributed by atoms with E-state index in [9.17, 15) is 17.6 Å². The SMILES string of the molecule is Cl.NC/C(=C/Cl)CCc1cc(F)cc(C(F)(F)F)c1. The standard InChI is InChI=1S/C12H12ClF4N.ClH/c13-6-9(7-18)2-1-8-3-10(12(15,16)17)5-11(14)4-8;/h3-6H,1-2,7,18H2;1H/b9-6+;. The first-order chi connectivity index (χ1) is 8.36. The van der Waals surface area contributed by atoms with Gasteiger partial charge >= 0.3 is 6.18 Å². The third-order valence-corrected chi connectivity index (χ3v) is 2.74. The van der Waals surface area contributed by atoms with Crippen molar-refractivity contribution in [1.82, 2.24) is 0 Å². The van der Waals surface area contributed by atoms with Gasteiger partial charge in [-0.05, 0) is 42.2 Å². The van der Waals surface area contributed by atoms with Gasteiger partial charge in [0.15, 0.2) is 0 Å². The highest BCUT2D eigenvalue weighted by atomic mass is 35.5. The highest BCUT2D eigenvalue weighted by Crippen LogP contribution is 2.30. The average Bonchev–Trinajstić information content (AvgIpc) is 2.28. The summed E-state index contributed by atoms with van der Waals surface area (Å²) in [6, 6.07) is 2.49. The molecular formula is C12H13Cl2F4N. The van der Waals surface area contributed by atoms with Crippen LogP contribution in [0, 0.1) is 5.82 Å². The summed E-state index contributed by atoms with van der Waals surface area (Å²) in [6.07, 6.45) is -3.88. The van der Waals surface area contributed by atoms with Gasteiger partial charge in [-0.1, -0.05) is 11.6 Å². The van der Waals surface area contributed by atoms with E-state index in [4.69, 9.17) is 17.3 Å². The number of hydrogen-bond donors (Lipinski definition) is 1. The number of nitrogens with two attached hydrogens (primary N) is 1. The molecule has 108 valence electrons. The van der Waals surface area contributed by atoms with E-state index in [1.165, 1.54) is 5.54 Å². The second-order valence-electron chi connectivity index (χ2n) is 3.82. The maximum Gasteiger partial charge on any atom is 0.416 e. The molecule has 0 aliphatic carbocycles. The van der Waals surface area contributed by atoms with Crippen molar-refractivity contribution in [1.29, 1.82) is 0 Å². The number of halogens is 6. The minimum absolute atomic E-state index is 0. The smallest absolute Gasteiger partial charge is 0.327 e. The van der Waals surface area contributed by atoms with Crippen molar-refractivity contribution in [2.24, 2.45) is 5.73 Å². The summed E-state index contributed by atoms with van der Waals surface area (Å²) in [7, 11) is 0. The summed E-state index contributed by atoms with van der Waals surface area (Å²) in [5.74, 6) is -0.899. The van der Waals surface area contributed by atoms with E-state index in [0.29, 0.717) is 18.1 Å². The van der Waals surface area contributed by atoms with Crippen molar-refractivity contribution in [3.05, 3.63) is 46.3 Å². The van der Waals surface area contributed by atoms with Crippen LogP contribution in [0.1, 0.15) is 17.5 Å². The normalized spacial score (nSPS) is 12.2. The Labute approximate surface area is 119 Å². The number of alkyl halides is 3. The predicted octanol–water partition coefficient (Wildman–Crippen LogP) is 4.28. The molecule has 1 rings (SSSR count). The van der Waals surface area contributed by atoms with Crippen LogP contribution in [0.25, 0.3) is 0 Å². The minimum Gasteiger partial charge on any atom is -0.327 e. The van der Waals surface area contributed by atoms with E-state index in [2.05, 4.69) is 0 Å². The van der Waals surface area contributed by atoms with Gasteiger partial charge in [-0.15, -0.1) is 12.4 Å². The van der Waals surface area contributed by atoms with Gasteiger partial charge in [-0.2, -0.15) is 13.2 Å². The van der Waals surface area contributed by atoms with Crippen molar-refractivity contribution >= 4 is 24.0 Å². The Kier molecular flexibility index (Phi) is 7.41. The van der Waals surface area contributed by atoms with Gasteiger partial charge in [0.1, 0.15) is 5.82 Å². The lowest BCUT2D eigenvalue weighted by Crippen LogP contribution is -2.07. The van der Waals surface area contributed by atoms with Crippen LogP contribution in [0.5, 0.6) is 0 Å². The van der Waals surface area contributed by atoms with Crippen LogP contribution in [-0.2, 0) is 12.6 Å². The van der Waals surface area contributed by atoms with Gasteiger partial charge in [-0.25, -0.2) is 4.39 Å². The summed E-state index contributed by atoms with van der Waals surface area (Å²) in [6.45, 7) is 0.227. The molecule has 0 aliphatic heterocycles. The van der Waals surface area contributed by atoms with E-state index in [1.54, 1.807) is 0 Å². The minimum atomic E-state index is -4.55. The van der Waals surface area contributed by atoms with Crippen LogP contribution in [0.4, 0.5) is 17.6 Å². The second kappa shape index (κ2) is 7.72. The van der Waals surface area contributed by atoms with Crippen molar-refractivity contribution in [3.8, 4) is 0 Å². The van der Waals surface area contributed by atoms with Crippen LogP contribution in [-0.4, -0.2) is 6.54 Å². The first-order valence-electron chi connectivity index (χ1n) is 5.21. The Morgan fingerprint density at radius 3 is 2.37 bits per heavy atom. The Balaban J connectivity index is 0.00000324. The van der Waals surface area contributed by atoms with Gasteiger partial charge in [-0.3, -0.25) is 0 Å². The Morgan fingerprint density at radius 1 is 1.26 bits per heavy atom. The molecule has 1 nitrogen and oxygen atoms in total. The molecule has 7 heteroatoms.